The predicted molar refractivity (Wildman–Crippen MR) is 78.9 cm³/mol. The van der Waals surface area contributed by atoms with Gasteiger partial charge in [0, 0.05) is 5.39 Å². The lowest BCUT2D eigenvalue weighted by Gasteiger charge is -2.16. The normalized spacial score (nSPS) is 12.7. The molecule has 1 unspecified atom stereocenters. The first-order valence-electron chi connectivity index (χ1n) is 6.64. The molecule has 0 aliphatic rings. The minimum Gasteiger partial charge on any atom is -0.373 e. The van der Waals surface area contributed by atoms with Crippen LogP contribution in [0.5, 0.6) is 0 Å². The van der Waals surface area contributed by atoms with Crippen LogP contribution < -0.4 is 0 Å². The zero-order chi connectivity index (χ0) is 13.2. The zero-order valence-corrected chi connectivity index (χ0v) is 11.0. The highest BCUT2D eigenvalue weighted by Gasteiger charge is 2.14. The second-order valence-electron chi connectivity index (χ2n) is 4.71. The van der Waals surface area contributed by atoms with E-state index >= 15 is 0 Å². The van der Waals surface area contributed by atoms with Gasteiger partial charge in [0.15, 0.2) is 0 Å². The van der Waals surface area contributed by atoms with E-state index in [0.29, 0.717) is 6.42 Å². The number of aliphatic hydroxyl groups excluding tert-OH is 1. The fourth-order valence-electron chi connectivity index (χ4n) is 2.51. The molecule has 1 N–H and O–H groups in total. The van der Waals surface area contributed by atoms with Crippen molar-refractivity contribution in [2.75, 3.05) is 0 Å². The summed E-state index contributed by atoms with van der Waals surface area (Å²) in [5.74, 6) is 0. The van der Waals surface area contributed by atoms with Crippen molar-refractivity contribution in [2.24, 2.45) is 0 Å². The molecule has 1 atom stereocenters. The van der Waals surface area contributed by atoms with E-state index < -0.39 is 6.23 Å². The largest absolute Gasteiger partial charge is 0.373 e. The SMILES string of the molecule is CCC(O)n1c(-c2ccccc2)cc2ccccc21. The Morgan fingerprint density at radius 1 is 1.00 bits per heavy atom. The lowest BCUT2D eigenvalue weighted by Crippen LogP contribution is -2.07. The zero-order valence-electron chi connectivity index (χ0n) is 11.0. The Balaban J connectivity index is 2.29. The van der Waals surface area contributed by atoms with E-state index in [1.807, 2.05) is 41.8 Å². The molecule has 2 nitrogen and oxygen atoms in total. The summed E-state index contributed by atoms with van der Waals surface area (Å²) < 4.78 is 2.02. The molecule has 0 saturated heterocycles. The van der Waals surface area contributed by atoms with Crippen LogP contribution in [0.15, 0.2) is 60.7 Å². The first kappa shape index (κ1) is 12.0. The average Bonchev–Trinajstić information content (AvgIpc) is 2.87. The molecule has 0 aliphatic heterocycles. The van der Waals surface area contributed by atoms with Crippen LogP contribution in [0.1, 0.15) is 19.6 Å². The first-order valence-corrected chi connectivity index (χ1v) is 6.64. The lowest BCUT2D eigenvalue weighted by atomic mass is 10.1. The molecule has 0 radical (unpaired) electrons. The molecule has 96 valence electrons. The fourth-order valence-corrected chi connectivity index (χ4v) is 2.51. The van der Waals surface area contributed by atoms with Gasteiger partial charge in [-0.15, -0.1) is 0 Å². The number of para-hydroxylation sites is 1. The topological polar surface area (TPSA) is 25.2 Å². The minimum atomic E-state index is -0.491. The van der Waals surface area contributed by atoms with E-state index in [1.54, 1.807) is 0 Å². The summed E-state index contributed by atoms with van der Waals surface area (Å²) >= 11 is 0. The quantitative estimate of drug-likeness (QED) is 0.741. The maximum Gasteiger partial charge on any atom is 0.131 e. The van der Waals surface area contributed by atoms with E-state index in [2.05, 4.69) is 30.3 Å². The van der Waals surface area contributed by atoms with Gasteiger partial charge in [-0.1, -0.05) is 55.5 Å². The van der Waals surface area contributed by atoms with Crippen molar-refractivity contribution in [3.8, 4) is 11.3 Å². The summed E-state index contributed by atoms with van der Waals surface area (Å²) in [4.78, 5) is 0. The van der Waals surface area contributed by atoms with Gasteiger partial charge >= 0.3 is 0 Å². The van der Waals surface area contributed by atoms with Crippen molar-refractivity contribution in [2.45, 2.75) is 19.6 Å². The summed E-state index contributed by atoms with van der Waals surface area (Å²) in [6, 6.07) is 20.5. The van der Waals surface area contributed by atoms with Crippen molar-refractivity contribution >= 4 is 10.9 Å². The molecule has 1 heterocycles. The number of rotatable bonds is 3. The summed E-state index contributed by atoms with van der Waals surface area (Å²) in [5.41, 5.74) is 3.28. The number of fused-ring (bicyclic) bond motifs is 1. The van der Waals surface area contributed by atoms with Gasteiger partial charge in [-0.25, -0.2) is 0 Å². The first-order chi connectivity index (χ1) is 9.31. The van der Waals surface area contributed by atoms with Gasteiger partial charge in [0.05, 0.1) is 11.2 Å². The molecule has 1 aromatic heterocycles. The molecule has 3 aromatic rings. The monoisotopic (exact) mass is 251 g/mol. The van der Waals surface area contributed by atoms with Crippen molar-refractivity contribution in [3.05, 3.63) is 60.7 Å². The predicted octanol–water partition coefficient (Wildman–Crippen LogP) is 4.21. The van der Waals surface area contributed by atoms with Crippen LogP contribution in [0.4, 0.5) is 0 Å². The Labute approximate surface area is 112 Å². The van der Waals surface area contributed by atoms with Crippen LogP contribution in [-0.2, 0) is 0 Å². The molecule has 0 amide bonds. The Morgan fingerprint density at radius 3 is 2.42 bits per heavy atom. The van der Waals surface area contributed by atoms with Gasteiger partial charge in [-0.2, -0.15) is 0 Å². The van der Waals surface area contributed by atoms with E-state index in [4.69, 9.17) is 0 Å². The second-order valence-corrected chi connectivity index (χ2v) is 4.71. The van der Waals surface area contributed by atoms with Crippen LogP contribution in [0.25, 0.3) is 22.2 Å². The Hall–Kier alpha value is -2.06. The van der Waals surface area contributed by atoms with Gasteiger partial charge in [0.1, 0.15) is 6.23 Å². The van der Waals surface area contributed by atoms with E-state index in [-0.39, 0.29) is 0 Å². The van der Waals surface area contributed by atoms with Crippen molar-refractivity contribution < 1.29 is 5.11 Å². The third-order valence-electron chi connectivity index (χ3n) is 3.48. The van der Waals surface area contributed by atoms with Crippen molar-refractivity contribution in [3.63, 3.8) is 0 Å². The highest BCUT2D eigenvalue weighted by molar-refractivity contribution is 5.87. The third-order valence-corrected chi connectivity index (χ3v) is 3.48. The molecule has 0 spiro atoms. The highest BCUT2D eigenvalue weighted by Crippen LogP contribution is 2.31. The maximum atomic E-state index is 10.3. The standard InChI is InChI=1S/C17H17NO/c1-2-17(19)18-15-11-7-6-10-14(15)12-16(18)13-8-4-3-5-9-13/h3-12,17,19H,2H2,1H3. The average molecular weight is 251 g/mol. The third kappa shape index (κ3) is 2.04. The van der Waals surface area contributed by atoms with Crippen LogP contribution in [0, 0.1) is 0 Å². The van der Waals surface area contributed by atoms with Crippen LogP contribution in [0.2, 0.25) is 0 Å². The Bertz CT molecular complexity index is 685. The molecule has 2 aromatic carbocycles. The number of aromatic nitrogens is 1. The molecule has 2 heteroatoms. The number of hydrogen-bond acceptors (Lipinski definition) is 1. The highest BCUT2D eigenvalue weighted by atomic mass is 16.3. The Kier molecular flexibility index (Phi) is 3.10. The number of benzene rings is 2. The van der Waals surface area contributed by atoms with E-state index in [9.17, 15) is 5.11 Å². The van der Waals surface area contributed by atoms with E-state index in [1.165, 1.54) is 0 Å². The van der Waals surface area contributed by atoms with Crippen molar-refractivity contribution in [1.82, 2.24) is 4.57 Å². The van der Waals surface area contributed by atoms with Gasteiger partial charge in [0.25, 0.3) is 0 Å². The fraction of sp³-hybridized carbons (Fsp3) is 0.176. The lowest BCUT2D eigenvalue weighted by molar-refractivity contribution is 0.106. The molecule has 3 rings (SSSR count). The molecule has 0 aliphatic carbocycles. The van der Waals surface area contributed by atoms with Crippen LogP contribution >= 0.6 is 0 Å². The van der Waals surface area contributed by atoms with E-state index in [0.717, 1.165) is 22.2 Å². The van der Waals surface area contributed by atoms with Crippen molar-refractivity contribution in [1.29, 1.82) is 0 Å². The molecule has 0 bridgehead atoms. The summed E-state index contributed by atoms with van der Waals surface area (Å²) in [7, 11) is 0. The van der Waals surface area contributed by atoms with Crippen LogP contribution in [-0.4, -0.2) is 9.67 Å². The summed E-state index contributed by atoms with van der Waals surface area (Å²) in [6.45, 7) is 1.99. The van der Waals surface area contributed by atoms with Gasteiger partial charge < -0.3 is 9.67 Å². The molecular weight excluding hydrogens is 234 g/mol. The van der Waals surface area contributed by atoms with Gasteiger partial charge in [0.2, 0.25) is 0 Å². The van der Waals surface area contributed by atoms with Gasteiger partial charge in [-0.05, 0) is 24.1 Å². The molecule has 0 saturated carbocycles. The minimum absolute atomic E-state index is 0.491. The number of hydrogen-bond donors (Lipinski definition) is 1. The summed E-state index contributed by atoms with van der Waals surface area (Å²) in [6.07, 6.45) is 0.202. The second kappa shape index (κ2) is 4.90. The molecule has 19 heavy (non-hydrogen) atoms. The number of nitrogens with zero attached hydrogens (tertiary/aromatic N) is 1. The van der Waals surface area contributed by atoms with Gasteiger partial charge in [-0.3, -0.25) is 0 Å². The number of aliphatic hydroxyl groups is 1. The summed E-state index contributed by atoms with van der Waals surface area (Å²) in [5, 5.41) is 11.5. The maximum absolute atomic E-state index is 10.3. The van der Waals surface area contributed by atoms with Crippen LogP contribution in [0.3, 0.4) is 0 Å². The smallest absolute Gasteiger partial charge is 0.131 e. The molecule has 0 fully saturated rings. The molecular formula is C17H17NO. The Morgan fingerprint density at radius 2 is 1.68 bits per heavy atom.